The Morgan fingerprint density at radius 2 is 2.44 bits per heavy atom. The van der Waals surface area contributed by atoms with Gasteiger partial charge < -0.3 is 14.6 Å². The molecule has 4 heteroatoms. The van der Waals surface area contributed by atoms with E-state index in [0.717, 1.165) is 29.9 Å². The lowest BCUT2D eigenvalue weighted by Crippen LogP contribution is -2.41. The summed E-state index contributed by atoms with van der Waals surface area (Å²) in [5.74, 6) is 0.948. The first-order valence-corrected chi connectivity index (χ1v) is 6.68. The Hall–Kier alpha value is -1.55. The minimum atomic E-state index is 0.492. The third-order valence-corrected chi connectivity index (χ3v) is 3.67. The van der Waals surface area contributed by atoms with Crippen LogP contribution >= 0.6 is 0 Å². The van der Waals surface area contributed by atoms with Gasteiger partial charge in [-0.15, -0.1) is 0 Å². The van der Waals surface area contributed by atoms with E-state index in [2.05, 4.69) is 22.1 Å². The number of aromatic nitrogens is 1. The Labute approximate surface area is 107 Å². The smallest absolute Gasteiger partial charge is 0.139 e. The van der Waals surface area contributed by atoms with Gasteiger partial charge in [-0.05, 0) is 38.1 Å². The predicted molar refractivity (Wildman–Crippen MR) is 72.8 cm³/mol. The Kier molecular flexibility index (Phi) is 3.19. The summed E-state index contributed by atoms with van der Waals surface area (Å²) >= 11 is 0. The Balaban J connectivity index is 1.77. The van der Waals surface area contributed by atoms with Crippen molar-refractivity contribution < 1.29 is 4.42 Å². The summed E-state index contributed by atoms with van der Waals surface area (Å²) in [6.07, 6.45) is 5.99. The molecule has 1 unspecified atom stereocenters. The van der Waals surface area contributed by atoms with Crippen molar-refractivity contribution in [3.8, 4) is 0 Å². The molecule has 0 aliphatic carbocycles. The second kappa shape index (κ2) is 4.98. The highest BCUT2D eigenvalue weighted by Gasteiger charge is 2.19. The van der Waals surface area contributed by atoms with Crippen molar-refractivity contribution in [3.63, 3.8) is 0 Å². The SMILES string of the molecule is CCN1CCCC(Nc2nccc3occc23)C1. The van der Waals surface area contributed by atoms with Gasteiger partial charge in [0.05, 0.1) is 11.6 Å². The highest BCUT2D eigenvalue weighted by Crippen LogP contribution is 2.23. The van der Waals surface area contributed by atoms with Gasteiger partial charge in [-0.1, -0.05) is 6.92 Å². The molecule has 1 N–H and O–H groups in total. The lowest BCUT2D eigenvalue weighted by Gasteiger charge is -2.32. The van der Waals surface area contributed by atoms with Gasteiger partial charge in [-0.25, -0.2) is 4.98 Å². The van der Waals surface area contributed by atoms with Crippen LogP contribution in [0.2, 0.25) is 0 Å². The molecule has 1 aliphatic heterocycles. The van der Waals surface area contributed by atoms with Crippen LogP contribution in [-0.2, 0) is 0 Å². The lowest BCUT2D eigenvalue weighted by molar-refractivity contribution is 0.226. The number of likely N-dealkylation sites (tertiary alicyclic amines) is 1. The molecule has 0 radical (unpaired) electrons. The monoisotopic (exact) mass is 245 g/mol. The second-order valence-electron chi connectivity index (χ2n) is 4.87. The maximum Gasteiger partial charge on any atom is 0.139 e. The van der Waals surface area contributed by atoms with Crippen LogP contribution in [0.3, 0.4) is 0 Å². The Bertz CT molecular complexity index is 522. The van der Waals surface area contributed by atoms with Crippen LogP contribution in [-0.4, -0.2) is 35.6 Å². The highest BCUT2D eigenvalue weighted by molar-refractivity contribution is 5.87. The molecule has 2 aromatic heterocycles. The van der Waals surface area contributed by atoms with Crippen molar-refractivity contribution in [3.05, 3.63) is 24.6 Å². The van der Waals surface area contributed by atoms with Crippen molar-refractivity contribution >= 4 is 16.8 Å². The number of hydrogen-bond donors (Lipinski definition) is 1. The summed E-state index contributed by atoms with van der Waals surface area (Å²) in [6.45, 7) is 5.67. The number of furan rings is 1. The molecule has 1 saturated heterocycles. The fraction of sp³-hybridized carbons (Fsp3) is 0.500. The van der Waals surface area contributed by atoms with E-state index in [0.29, 0.717) is 6.04 Å². The van der Waals surface area contributed by atoms with Crippen LogP contribution in [0, 0.1) is 0 Å². The number of fused-ring (bicyclic) bond motifs is 1. The van der Waals surface area contributed by atoms with Crippen LogP contribution in [0.15, 0.2) is 29.0 Å². The largest absolute Gasteiger partial charge is 0.464 e. The molecule has 3 heterocycles. The maximum absolute atomic E-state index is 5.40. The molecule has 1 aliphatic rings. The van der Waals surface area contributed by atoms with Crippen LogP contribution in [0.4, 0.5) is 5.82 Å². The van der Waals surface area contributed by atoms with Crippen LogP contribution in [0.5, 0.6) is 0 Å². The number of pyridine rings is 1. The van der Waals surface area contributed by atoms with Crippen LogP contribution < -0.4 is 5.32 Å². The van der Waals surface area contributed by atoms with Gasteiger partial charge in [0.25, 0.3) is 0 Å². The number of rotatable bonds is 3. The molecule has 0 spiro atoms. The van der Waals surface area contributed by atoms with Crippen molar-refractivity contribution in [2.75, 3.05) is 25.0 Å². The molecule has 1 fully saturated rings. The number of piperidine rings is 1. The van der Waals surface area contributed by atoms with Gasteiger partial charge >= 0.3 is 0 Å². The Morgan fingerprint density at radius 1 is 1.50 bits per heavy atom. The predicted octanol–water partition coefficient (Wildman–Crippen LogP) is 2.72. The van der Waals surface area contributed by atoms with E-state index >= 15 is 0 Å². The number of likely N-dealkylation sites (N-methyl/N-ethyl adjacent to an activating group) is 1. The molecule has 0 aromatic carbocycles. The van der Waals surface area contributed by atoms with Gasteiger partial charge in [0, 0.05) is 18.8 Å². The zero-order valence-corrected chi connectivity index (χ0v) is 10.7. The summed E-state index contributed by atoms with van der Waals surface area (Å²) in [5.41, 5.74) is 0.899. The average Bonchev–Trinajstić information content (AvgIpc) is 2.88. The van der Waals surface area contributed by atoms with Crippen molar-refractivity contribution in [2.45, 2.75) is 25.8 Å². The molecular formula is C14H19N3O. The first kappa shape index (κ1) is 11.5. The van der Waals surface area contributed by atoms with Crippen LogP contribution in [0.1, 0.15) is 19.8 Å². The standard InChI is InChI=1S/C14H19N3O/c1-2-17-8-3-4-11(10-17)16-14-12-6-9-18-13(12)5-7-15-14/h5-7,9,11H,2-4,8,10H2,1H3,(H,15,16). The molecular weight excluding hydrogens is 226 g/mol. The lowest BCUT2D eigenvalue weighted by atomic mass is 10.1. The summed E-state index contributed by atoms with van der Waals surface area (Å²) in [6, 6.07) is 4.37. The van der Waals surface area contributed by atoms with E-state index in [1.807, 2.05) is 12.1 Å². The van der Waals surface area contributed by atoms with Crippen molar-refractivity contribution in [1.82, 2.24) is 9.88 Å². The summed E-state index contributed by atoms with van der Waals surface area (Å²) in [5, 5.41) is 4.64. The number of nitrogens with zero attached hydrogens (tertiary/aromatic N) is 2. The van der Waals surface area contributed by atoms with E-state index < -0.39 is 0 Å². The van der Waals surface area contributed by atoms with E-state index in [4.69, 9.17) is 4.42 Å². The van der Waals surface area contributed by atoms with E-state index in [1.54, 1.807) is 12.5 Å². The molecule has 1 atom stereocenters. The van der Waals surface area contributed by atoms with Crippen molar-refractivity contribution in [1.29, 1.82) is 0 Å². The van der Waals surface area contributed by atoms with Crippen LogP contribution in [0.25, 0.3) is 11.0 Å². The topological polar surface area (TPSA) is 41.3 Å². The molecule has 3 rings (SSSR count). The fourth-order valence-corrected chi connectivity index (χ4v) is 2.66. The zero-order chi connectivity index (χ0) is 12.4. The fourth-order valence-electron chi connectivity index (χ4n) is 2.66. The zero-order valence-electron chi connectivity index (χ0n) is 10.7. The minimum Gasteiger partial charge on any atom is -0.464 e. The second-order valence-corrected chi connectivity index (χ2v) is 4.87. The molecule has 0 amide bonds. The quantitative estimate of drug-likeness (QED) is 0.902. The first-order valence-electron chi connectivity index (χ1n) is 6.68. The third-order valence-electron chi connectivity index (χ3n) is 3.67. The van der Waals surface area contributed by atoms with E-state index in [1.165, 1.54) is 19.4 Å². The third kappa shape index (κ3) is 2.20. The minimum absolute atomic E-state index is 0.492. The van der Waals surface area contributed by atoms with Gasteiger partial charge in [-0.3, -0.25) is 0 Å². The van der Waals surface area contributed by atoms with Gasteiger partial charge in [0.2, 0.25) is 0 Å². The molecule has 18 heavy (non-hydrogen) atoms. The summed E-state index contributed by atoms with van der Waals surface area (Å²) in [7, 11) is 0. The van der Waals surface area contributed by atoms with Gasteiger partial charge in [-0.2, -0.15) is 0 Å². The number of nitrogens with one attached hydrogen (secondary N) is 1. The Morgan fingerprint density at radius 3 is 3.33 bits per heavy atom. The maximum atomic E-state index is 5.40. The first-order chi connectivity index (χ1) is 8.86. The van der Waals surface area contributed by atoms with E-state index in [-0.39, 0.29) is 0 Å². The molecule has 2 aromatic rings. The normalized spacial score (nSPS) is 21.3. The molecule has 4 nitrogen and oxygen atoms in total. The molecule has 0 bridgehead atoms. The number of anilines is 1. The average molecular weight is 245 g/mol. The van der Waals surface area contributed by atoms with Gasteiger partial charge in [0.1, 0.15) is 11.4 Å². The molecule has 96 valence electrons. The number of hydrogen-bond acceptors (Lipinski definition) is 4. The highest BCUT2D eigenvalue weighted by atomic mass is 16.3. The summed E-state index contributed by atoms with van der Waals surface area (Å²) in [4.78, 5) is 6.92. The van der Waals surface area contributed by atoms with Gasteiger partial charge in [0.15, 0.2) is 0 Å². The molecule has 0 saturated carbocycles. The van der Waals surface area contributed by atoms with Crippen molar-refractivity contribution in [2.24, 2.45) is 0 Å². The van der Waals surface area contributed by atoms with E-state index in [9.17, 15) is 0 Å². The summed E-state index contributed by atoms with van der Waals surface area (Å²) < 4.78 is 5.40.